The summed E-state index contributed by atoms with van der Waals surface area (Å²) < 4.78 is 11.0. The smallest absolute Gasteiger partial charge is 0.189 e. The van der Waals surface area contributed by atoms with Crippen molar-refractivity contribution >= 4 is 17.7 Å². The summed E-state index contributed by atoms with van der Waals surface area (Å²) in [5.41, 5.74) is 2.17. The highest BCUT2D eigenvalue weighted by Crippen LogP contribution is 2.15. The van der Waals surface area contributed by atoms with Gasteiger partial charge in [0.2, 0.25) is 0 Å². The van der Waals surface area contributed by atoms with Gasteiger partial charge in [-0.2, -0.15) is 0 Å². The fourth-order valence-corrected chi connectivity index (χ4v) is 2.00. The maximum absolute atomic E-state index is 10.9. The number of thiol groups is 1. The van der Waals surface area contributed by atoms with Crippen LogP contribution < -0.4 is 4.74 Å². The number of ether oxygens (including phenoxy) is 2. The van der Waals surface area contributed by atoms with Crippen LogP contribution in [0.1, 0.15) is 17.5 Å². The number of rotatable bonds is 8. The van der Waals surface area contributed by atoms with Crippen molar-refractivity contribution in [1.82, 2.24) is 0 Å². The average molecular weight is 302 g/mol. The van der Waals surface area contributed by atoms with E-state index in [2.05, 4.69) is 12.6 Å². The summed E-state index contributed by atoms with van der Waals surface area (Å²) in [6.07, 6.45) is 1.10. The Morgan fingerprint density at radius 3 is 2.52 bits per heavy atom. The van der Waals surface area contributed by atoms with Gasteiger partial charge in [0, 0.05) is 6.42 Å². The van der Waals surface area contributed by atoms with Crippen LogP contribution in [0.2, 0.25) is 0 Å². The van der Waals surface area contributed by atoms with Gasteiger partial charge < -0.3 is 9.47 Å². The molecule has 0 atom stereocenters. The number of carbonyl (C=O) groups is 1. The minimum atomic E-state index is -0.104. The Kier molecular flexibility index (Phi) is 6.31. The second-order valence-corrected chi connectivity index (χ2v) is 5.14. The Bertz CT molecular complexity index is 569. The first kappa shape index (κ1) is 15.6. The highest BCUT2D eigenvalue weighted by atomic mass is 32.1. The third kappa shape index (κ3) is 6.02. The molecule has 0 bridgehead atoms. The lowest BCUT2D eigenvalue weighted by molar-refractivity contribution is -0.110. The molecule has 0 spiro atoms. The van der Waals surface area contributed by atoms with E-state index in [1.165, 1.54) is 0 Å². The predicted molar refractivity (Wildman–Crippen MR) is 85.5 cm³/mol. The van der Waals surface area contributed by atoms with Crippen LogP contribution >= 0.6 is 12.6 Å². The fraction of sp³-hybridized carbons (Fsp3) is 0.235. The number of benzene rings is 2. The quantitative estimate of drug-likeness (QED) is 0.459. The van der Waals surface area contributed by atoms with Crippen LogP contribution in [0, 0.1) is 0 Å². The molecular weight excluding hydrogens is 284 g/mol. The molecule has 21 heavy (non-hydrogen) atoms. The van der Waals surface area contributed by atoms with E-state index in [1.807, 2.05) is 54.6 Å². The zero-order valence-electron chi connectivity index (χ0n) is 11.7. The Morgan fingerprint density at radius 2 is 1.76 bits per heavy atom. The second-order valence-electron chi connectivity index (χ2n) is 4.64. The molecular formula is C17H18O3S. The summed E-state index contributed by atoms with van der Waals surface area (Å²) >= 11 is 3.77. The van der Waals surface area contributed by atoms with E-state index in [4.69, 9.17) is 9.47 Å². The van der Waals surface area contributed by atoms with Crippen molar-refractivity contribution in [3.8, 4) is 5.75 Å². The molecule has 0 saturated carbocycles. The molecule has 3 nitrogen and oxygen atoms in total. The Morgan fingerprint density at radius 1 is 1.00 bits per heavy atom. The maximum Gasteiger partial charge on any atom is 0.189 e. The van der Waals surface area contributed by atoms with Gasteiger partial charge in [0.05, 0.1) is 6.61 Å². The maximum atomic E-state index is 10.9. The fourth-order valence-electron chi connectivity index (χ4n) is 1.89. The van der Waals surface area contributed by atoms with Crippen molar-refractivity contribution in [2.45, 2.75) is 19.4 Å². The summed E-state index contributed by atoms with van der Waals surface area (Å²) in [7, 11) is 0. The summed E-state index contributed by atoms with van der Waals surface area (Å²) in [6, 6.07) is 17.6. The largest absolute Gasteiger partial charge is 0.468 e. The van der Waals surface area contributed by atoms with E-state index < -0.39 is 0 Å². The molecule has 0 amide bonds. The zero-order chi connectivity index (χ0) is 14.9. The van der Waals surface area contributed by atoms with Crippen LogP contribution in [0.25, 0.3) is 0 Å². The first-order chi connectivity index (χ1) is 10.2. The van der Waals surface area contributed by atoms with Crippen molar-refractivity contribution in [2.24, 2.45) is 0 Å². The molecule has 0 radical (unpaired) electrons. The molecule has 0 N–H and O–H groups in total. The molecule has 2 aromatic carbocycles. The Labute approximate surface area is 130 Å². The number of hydrogen-bond acceptors (Lipinski definition) is 3. The Balaban J connectivity index is 1.75. The predicted octanol–water partition coefficient (Wildman–Crippen LogP) is 3.63. The number of carbonyl (C=O) groups excluding carboxylic acids is 1. The molecule has 0 aliphatic rings. The lowest BCUT2D eigenvalue weighted by atomic mass is 10.1. The monoisotopic (exact) mass is 302 g/mol. The van der Waals surface area contributed by atoms with Crippen LogP contribution in [-0.4, -0.2) is 11.9 Å². The molecule has 0 fully saturated rings. The molecule has 0 saturated heterocycles. The summed E-state index contributed by atoms with van der Waals surface area (Å²) in [5.74, 6) is 0.743. The van der Waals surface area contributed by atoms with Crippen molar-refractivity contribution in [3.63, 3.8) is 0 Å². The first-order valence-corrected chi connectivity index (χ1v) is 7.24. The van der Waals surface area contributed by atoms with E-state index >= 15 is 0 Å². The summed E-state index contributed by atoms with van der Waals surface area (Å²) in [6.45, 7) is 0.721. The molecule has 0 unspecified atom stereocenters. The van der Waals surface area contributed by atoms with E-state index in [0.29, 0.717) is 19.4 Å². The third-order valence-electron chi connectivity index (χ3n) is 2.95. The minimum Gasteiger partial charge on any atom is -0.468 e. The molecule has 0 heterocycles. The molecule has 0 aliphatic heterocycles. The molecule has 0 aliphatic carbocycles. The van der Waals surface area contributed by atoms with Gasteiger partial charge in [0.15, 0.2) is 11.9 Å². The molecule has 110 valence electrons. The summed E-state index contributed by atoms with van der Waals surface area (Å²) in [4.78, 5) is 10.9. The van der Waals surface area contributed by atoms with Crippen LogP contribution in [-0.2, 0) is 22.6 Å². The lowest BCUT2D eigenvalue weighted by Gasteiger charge is -2.08. The number of aryl methyl sites for hydroxylation is 1. The standard InChI is InChI=1S/C17H18O3S/c18-17(21)10-9-14-7-4-8-16(11-14)20-13-19-12-15-5-2-1-3-6-15/h1-8,11H,9-10,12-13H2,(H,18,21). The third-order valence-corrected chi connectivity index (χ3v) is 3.17. The second kappa shape index (κ2) is 8.49. The van der Waals surface area contributed by atoms with E-state index in [1.54, 1.807) is 0 Å². The van der Waals surface area contributed by atoms with Gasteiger partial charge >= 0.3 is 0 Å². The molecule has 0 aromatic heterocycles. The van der Waals surface area contributed by atoms with Gasteiger partial charge in [-0.25, -0.2) is 0 Å². The van der Waals surface area contributed by atoms with Crippen molar-refractivity contribution in [1.29, 1.82) is 0 Å². The van der Waals surface area contributed by atoms with E-state index in [9.17, 15) is 4.79 Å². The molecule has 2 aromatic rings. The highest BCUT2D eigenvalue weighted by molar-refractivity contribution is 7.96. The Hall–Kier alpha value is -1.78. The van der Waals surface area contributed by atoms with Crippen LogP contribution in [0.15, 0.2) is 54.6 Å². The van der Waals surface area contributed by atoms with Gasteiger partial charge in [-0.05, 0) is 29.7 Å². The topological polar surface area (TPSA) is 35.5 Å². The average Bonchev–Trinajstić information content (AvgIpc) is 2.51. The highest BCUT2D eigenvalue weighted by Gasteiger charge is 2.00. The van der Waals surface area contributed by atoms with Gasteiger partial charge in [-0.15, -0.1) is 12.6 Å². The normalized spacial score (nSPS) is 10.3. The van der Waals surface area contributed by atoms with Crippen molar-refractivity contribution in [2.75, 3.05) is 6.79 Å². The summed E-state index contributed by atoms with van der Waals surface area (Å²) in [5, 5.41) is -0.104. The van der Waals surface area contributed by atoms with E-state index in [0.717, 1.165) is 16.9 Å². The van der Waals surface area contributed by atoms with Crippen LogP contribution in [0.3, 0.4) is 0 Å². The van der Waals surface area contributed by atoms with Crippen LogP contribution in [0.5, 0.6) is 5.75 Å². The van der Waals surface area contributed by atoms with Gasteiger partial charge in [0.1, 0.15) is 5.75 Å². The van der Waals surface area contributed by atoms with Crippen molar-refractivity contribution in [3.05, 3.63) is 65.7 Å². The van der Waals surface area contributed by atoms with Gasteiger partial charge in [-0.1, -0.05) is 42.5 Å². The lowest BCUT2D eigenvalue weighted by Crippen LogP contribution is -2.03. The zero-order valence-corrected chi connectivity index (χ0v) is 12.6. The van der Waals surface area contributed by atoms with Gasteiger partial charge in [0.25, 0.3) is 0 Å². The van der Waals surface area contributed by atoms with Gasteiger partial charge in [-0.3, -0.25) is 4.79 Å². The molecule has 2 rings (SSSR count). The van der Waals surface area contributed by atoms with E-state index in [-0.39, 0.29) is 11.9 Å². The minimum absolute atomic E-state index is 0.104. The number of hydrogen-bond donors (Lipinski definition) is 1. The SMILES string of the molecule is O=C(S)CCc1cccc(OCOCc2ccccc2)c1. The molecule has 4 heteroatoms. The van der Waals surface area contributed by atoms with Crippen molar-refractivity contribution < 1.29 is 14.3 Å². The first-order valence-electron chi connectivity index (χ1n) is 6.79. The van der Waals surface area contributed by atoms with Crippen LogP contribution in [0.4, 0.5) is 0 Å².